The molecule has 4 aromatic rings. The van der Waals surface area contributed by atoms with Crippen LogP contribution in [0.3, 0.4) is 0 Å². The molecule has 0 amide bonds. The molecule has 1 aliphatic heterocycles. The van der Waals surface area contributed by atoms with Crippen LogP contribution in [0.25, 0.3) is 16.6 Å². The molecule has 2 aromatic carbocycles. The van der Waals surface area contributed by atoms with Crippen molar-refractivity contribution in [3.8, 4) is 0 Å². The molecular formula is C21H20Cl2N6O2S. The fraction of sp³-hybridized carbons (Fsp3) is 0.286. The van der Waals surface area contributed by atoms with Gasteiger partial charge in [-0.1, -0.05) is 29.3 Å². The molecule has 0 bridgehead atoms. The highest BCUT2D eigenvalue weighted by Crippen LogP contribution is 2.29. The molecule has 0 N–H and O–H groups in total. The molecule has 2 aromatic heterocycles. The predicted octanol–water partition coefficient (Wildman–Crippen LogP) is 3.79. The standard InChI is InChI=1S/C21H20Cl2N6O2S/c1-13-12-27(8-9-28(13)32(30,31)17-5-3-4-15(22)10-17)21-24-19-11-16(23)6-7-18(19)20-26-25-14(2)29(20)21/h3-7,10-11,13H,8-9,12H2,1-2H3. The highest BCUT2D eigenvalue weighted by atomic mass is 35.5. The van der Waals surface area contributed by atoms with E-state index < -0.39 is 10.0 Å². The highest BCUT2D eigenvalue weighted by Gasteiger charge is 2.35. The molecule has 1 unspecified atom stereocenters. The van der Waals surface area contributed by atoms with Crippen molar-refractivity contribution in [3.05, 3.63) is 58.3 Å². The molecule has 11 heteroatoms. The van der Waals surface area contributed by atoms with Crippen molar-refractivity contribution in [2.45, 2.75) is 24.8 Å². The Kier molecular flexibility index (Phi) is 5.24. The van der Waals surface area contributed by atoms with Crippen molar-refractivity contribution in [1.29, 1.82) is 0 Å². The second kappa shape index (κ2) is 7.84. The van der Waals surface area contributed by atoms with Gasteiger partial charge in [-0.3, -0.25) is 0 Å². The summed E-state index contributed by atoms with van der Waals surface area (Å²) in [6.45, 7) is 5.01. The van der Waals surface area contributed by atoms with E-state index in [-0.39, 0.29) is 10.9 Å². The van der Waals surface area contributed by atoms with E-state index in [1.165, 1.54) is 10.4 Å². The van der Waals surface area contributed by atoms with Crippen molar-refractivity contribution in [2.75, 3.05) is 24.5 Å². The Labute approximate surface area is 195 Å². The number of aryl methyl sites for hydroxylation is 1. The van der Waals surface area contributed by atoms with Crippen LogP contribution in [-0.2, 0) is 10.0 Å². The lowest BCUT2D eigenvalue weighted by atomic mass is 10.2. The van der Waals surface area contributed by atoms with E-state index in [9.17, 15) is 8.42 Å². The summed E-state index contributed by atoms with van der Waals surface area (Å²) in [5.41, 5.74) is 1.41. The number of rotatable bonds is 3. The van der Waals surface area contributed by atoms with Crippen molar-refractivity contribution >= 4 is 55.7 Å². The molecule has 1 saturated heterocycles. The number of hydrogen-bond donors (Lipinski definition) is 0. The maximum absolute atomic E-state index is 13.2. The third kappa shape index (κ3) is 3.49. The summed E-state index contributed by atoms with van der Waals surface area (Å²) < 4.78 is 29.9. The zero-order valence-corrected chi connectivity index (χ0v) is 19.7. The first-order valence-corrected chi connectivity index (χ1v) is 12.3. The Morgan fingerprint density at radius 2 is 1.81 bits per heavy atom. The maximum atomic E-state index is 13.2. The van der Waals surface area contributed by atoms with Gasteiger partial charge in [0.15, 0.2) is 5.65 Å². The van der Waals surface area contributed by atoms with Gasteiger partial charge in [0.25, 0.3) is 0 Å². The van der Waals surface area contributed by atoms with Crippen molar-refractivity contribution < 1.29 is 8.42 Å². The molecule has 0 spiro atoms. The van der Waals surface area contributed by atoms with E-state index in [0.717, 1.165) is 5.39 Å². The van der Waals surface area contributed by atoms with E-state index in [2.05, 4.69) is 15.1 Å². The van der Waals surface area contributed by atoms with Crippen molar-refractivity contribution in [2.24, 2.45) is 0 Å². The fourth-order valence-corrected chi connectivity index (χ4v) is 6.26. The average Bonchev–Trinajstić information content (AvgIpc) is 3.14. The predicted molar refractivity (Wildman–Crippen MR) is 125 cm³/mol. The van der Waals surface area contributed by atoms with Gasteiger partial charge in [0.1, 0.15) is 5.82 Å². The number of benzene rings is 2. The number of sulfonamides is 1. The summed E-state index contributed by atoms with van der Waals surface area (Å²) in [5.74, 6) is 1.38. The van der Waals surface area contributed by atoms with Crippen molar-refractivity contribution in [3.63, 3.8) is 0 Å². The third-order valence-corrected chi connectivity index (χ3v) is 8.18. The third-order valence-electron chi connectivity index (χ3n) is 5.70. The number of anilines is 1. The lowest BCUT2D eigenvalue weighted by molar-refractivity contribution is 0.304. The zero-order chi connectivity index (χ0) is 22.6. The quantitative estimate of drug-likeness (QED) is 0.434. The summed E-state index contributed by atoms with van der Waals surface area (Å²) in [4.78, 5) is 7.11. The van der Waals surface area contributed by atoms with Crippen LogP contribution in [0, 0.1) is 6.92 Å². The molecule has 32 heavy (non-hydrogen) atoms. The van der Waals surface area contributed by atoms with Gasteiger partial charge in [0.2, 0.25) is 16.0 Å². The largest absolute Gasteiger partial charge is 0.339 e. The van der Waals surface area contributed by atoms with Crippen LogP contribution in [0.5, 0.6) is 0 Å². The summed E-state index contributed by atoms with van der Waals surface area (Å²) in [6, 6.07) is 11.6. The smallest absolute Gasteiger partial charge is 0.243 e. The van der Waals surface area contributed by atoms with Gasteiger partial charge in [-0.15, -0.1) is 10.2 Å². The topological polar surface area (TPSA) is 83.7 Å². The molecule has 0 aliphatic carbocycles. The van der Waals surface area contributed by atoms with Gasteiger partial charge in [-0.05, 0) is 50.2 Å². The number of nitrogens with zero attached hydrogens (tertiary/aromatic N) is 6. The molecule has 0 saturated carbocycles. The van der Waals surface area contributed by atoms with E-state index in [0.29, 0.717) is 52.6 Å². The summed E-state index contributed by atoms with van der Waals surface area (Å²) in [5, 5.41) is 10.4. The van der Waals surface area contributed by atoms with Crippen LogP contribution < -0.4 is 4.90 Å². The Morgan fingerprint density at radius 3 is 2.56 bits per heavy atom. The van der Waals surface area contributed by atoms with Crippen LogP contribution in [0.1, 0.15) is 12.7 Å². The molecule has 3 heterocycles. The monoisotopic (exact) mass is 490 g/mol. The highest BCUT2D eigenvalue weighted by molar-refractivity contribution is 7.89. The number of aromatic nitrogens is 4. The number of piperazine rings is 1. The second-order valence-electron chi connectivity index (χ2n) is 7.85. The Balaban J connectivity index is 1.52. The van der Waals surface area contributed by atoms with Gasteiger partial charge in [-0.2, -0.15) is 4.31 Å². The van der Waals surface area contributed by atoms with E-state index in [4.69, 9.17) is 28.2 Å². The normalized spacial score (nSPS) is 18.0. The van der Waals surface area contributed by atoms with Crippen LogP contribution in [0.15, 0.2) is 47.4 Å². The lowest BCUT2D eigenvalue weighted by Gasteiger charge is -2.39. The minimum Gasteiger partial charge on any atom is -0.339 e. The molecular weight excluding hydrogens is 471 g/mol. The summed E-state index contributed by atoms with van der Waals surface area (Å²) in [6.07, 6.45) is 0. The van der Waals surface area contributed by atoms with E-state index >= 15 is 0 Å². The first-order valence-electron chi connectivity index (χ1n) is 10.1. The first-order chi connectivity index (χ1) is 15.3. The summed E-state index contributed by atoms with van der Waals surface area (Å²) in [7, 11) is -3.67. The zero-order valence-electron chi connectivity index (χ0n) is 17.4. The van der Waals surface area contributed by atoms with Crippen molar-refractivity contribution in [1.82, 2.24) is 23.9 Å². The lowest BCUT2D eigenvalue weighted by Crippen LogP contribution is -2.54. The number of fused-ring (bicyclic) bond motifs is 3. The summed E-state index contributed by atoms with van der Waals surface area (Å²) >= 11 is 12.2. The van der Waals surface area contributed by atoms with Gasteiger partial charge in [0.05, 0.1) is 10.4 Å². The van der Waals surface area contributed by atoms with Crippen LogP contribution in [-0.4, -0.2) is 58.0 Å². The Hall–Kier alpha value is -2.46. The molecule has 0 radical (unpaired) electrons. The minimum absolute atomic E-state index is 0.195. The fourth-order valence-electron chi connectivity index (χ4n) is 4.17. The van der Waals surface area contributed by atoms with Crippen LogP contribution >= 0.6 is 23.2 Å². The average molecular weight is 491 g/mol. The van der Waals surface area contributed by atoms with Crippen LogP contribution in [0.2, 0.25) is 10.0 Å². The van der Waals surface area contributed by atoms with Gasteiger partial charge in [0, 0.05) is 41.1 Å². The molecule has 5 rings (SSSR count). The van der Waals surface area contributed by atoms with E-state index in [1.54, 1.807) is 30.3 Å². The molecule has 8 nitrogen and oxygen atoms in total. The Bertz CT molecular complexity index is 1460. The van der Waals surface area contributed by atoms with Crippen LogP contribution in [0.4, 0.5) is 5.95 Å². The second-order valence-corrected chi connectivity index (χ2v) is 10.6. The van der Waals surface area contributed by atoms with E-state index in [1.807, 2.05) is 24.3 Å². The number of hydrogen-bond acceptors (Lipinski definition) is 6. The molecule has 1 fully saturated rings. The van der Waals surface area contributed by atoms with Gasteiger partial charge in [-0.25, -0.2) is 17.8 Å². The first kappa shape index (κ1) is 21.4. The molecule has 166 valence electrons. The van der Waals surface area contributed by atoms with Gasteiger partial charge >= 0.3 is 0 Å². The SMILES string of the molecule is Cc1nnc2c3ccc(Cl)cc3nc(N3CCN(S(=O)(=O)c4cccc(Cl)c4)C(C)C3)n12. The Morgan fingerprint density at radius 1 is 1.03 bits per heavy atom. The number of halogens is 2. The van der Waals surface area contributed by atoms with Gasteiger partial charge < -0.3 is 4.90 Å². The minimum atomic E-state index is -3.67. The maximum Gasteiger partial charge on any atom is 0.243 e. The molecule has 1 aliphatic rings. The molecule has 1 atom stereocenters.